The number of hydrogen-bond acceptors (Lipinski definition) is 5. The number of carboxylic acids is 1. The molecule has 2 N–H and O–H groups in total. The van der Waals surface area contributed by atoms with E-state index in [9.17, 15) is 9.59 Å². The average Bonchev–Trinajstić information content (AvgIpc) is 2.91. The third-order valence-corrected chi connectivity index (χ3v) is 4.69. The van der Waals surface area contributed by atoms with Gasteiger partial charge in [-0.05, 0) is 35.3 Å². The van der Waals surface area contributed by atoms with Gasteiger partial charge in [-0.3, -0.25) is 14.5 Å². The second-order valence-electron chi connectivity index (χ2n) is 5.85. The lowest BCUT2D eigenvalue weighted by Crippen LogP contribution is -2.54. The van der Waals surface area contributed by atoms with Gasteiger partial charge in [0.05, 0.1) is 17.2 Å². The predicted octanol–water partition coefficient (Wildman–Crippen LogP) is 1.16. The number of nitrogens with zero attached hydrogens (tertiary/aromatic N) is 4. The highest BCUT2D eigenvalue weighted by Crippen LogP contribution is 2.26. The summed E-state index contributed by atoms with van der Waals surface area (Å²) in [4.78, 5) is 29.4. The molecule has 0 radical (unpaired) electrons. The summed E-state index contributed by atoms with van der Waals surface area (Å²) < 4.78 is 2.33. The van der Waals surface area contributed by atoms with Gasteiger partial charge in [0.1, 0.15) is 5.56 Å². The van der Waals surface area contributed by atoms with Crippen LogP contribution in [0.4, 0.5) is 0 Å². The van der Waals surface area contributed by atoms with Crippen LogP contribution in [0.1, 0.15) is 30.1 Å². The Bertz CT molecular complexity index is 772. The summed E-state index contributed by atoms with van der Waals surface area (Å²) in [5.41, 5.74) is 0.941. The fourth-order valence-corrected chi connectivity index (χ4v) is 3.25. The Balaban J connectivity index is 1.59. The maximum Gasteiger partial charge on any atom is 0.317 e. The third-order valence-electron chi connectivity index (χ3n) is 4.28. The maximum absolute atomic E-state index is 12.4. The molecule has 1 aliphatic carbocycles. The fraction of sp³-hybridized carbons (Fsp3) is 0.467. The molecule has 0 unspecified atom stereocenters. The Morgan fingerprint density at radius 3 is 2.88 bits per heavy atom. The Hall–Kier alpha value is -2.00. The molecular weight excluding hydrogens is 378 g/mol. The molecule has 8 nitrogen and oxygen atoms in total. The van der Waals surface area contributed by atoms with Crippen molar-refractivity contribution < 1.29 is 14.7 Å². The lowest BCUT2D eigenvalue weighted by Gasteiger charge is -2.42. The minimum absolute atomic E-state index is 0.0364. The van der Waals surface area contributed by atoms with Crippen LogP contribution in [0.25, 0.3) is 5.65 Å². The largest absolute Gasteiger partial charge is 0.480 e. The van der Waals surface area contributed by atoms with Crippen molar-refractivity contribution in [1.29, 1.82) is 0 Å². The summed E-state index contributed by atoms with van der Waals surface area (Å²) in [6, 6.07) is 0.255. The van der Waals surface area contributed by atoms with Crippen LogP contribution < -0.4 is 5.32 Å². The lowest BCUT2D eigenvalue weighted by molar-refractivity contribution is -0.139. The zero-order chi connectivity index (χ0) is 17.3. The van der Waals surface area contributed by atoms with Gasteiger partial charge in [0.15, 0.2) is 5.65 Å². The molecule has 1 saturated carbocycles. The molecule has 2 aromatic heterocycles. The zero-order valence-corrected chi connectivity index (χ0v) is 14.7. The second-order valence-corrected chi connectivity index (χ2v) is 6.77. The summed E-state index contributed by atoms with van der Waals surface area (Å²) in [6.45, 7) is 2.66. The molecule has 3 rings (SSSR count). The first-order valence-corrected chi connectivity index (χ1v) is 8.52. The molecule has 0 aromatic carbocycles. The quantitative estimate of drug-likeness (QED) is 0.760. The SMILES string of the molecule is CCN(CC(=O)O)C1CC(NC(=O)c2cnn3cc(Br)cnc23)C1. The summed E-state index contributed by atoms with van der Waals surface area (Å²) in [5, 5.41) is 16.0. The summed E-state index contributed by atoms with van der Waals surface area (Å²) >= 11 is 3.31. The van der Waals surface area contributed by atoms with E-state index in [0.29, 0.717) is 17.8 Å². The summed E-state index contributed by atoms with van der Waals surface area (Å²) in [5.74, 6) is -1.03. The molecule has 0 spiro atoms. The lowest BCUT2D eigenvalue weighted by atomic mass is 9.85. The van der Waals surface area contributed by atoms with Gasteiger partial charge in [0, 0.05) is 24.5 Å². The third kappa shape index (κ3) is 3.41. The van der Waals surface area contributed by atoms with E-state index in [-0.39, 0.29) is 24.5 Å². The first-order valence-electron chi connectivity index (χ1n) is 7.73. The van der Waals surface area contributed by atoms with Gasteiger partial charge in [0.25, 0.3) is 5.91 Å². The number of carbonyl (C=O) groups is 2. The van der Waals surface area contributed by atoms with Gasteiger partial charge in [-0.1, -0.05) is 6.92 Å². The Morgan fingerprint density at radius 1 is 1.46 bits per heavy atom. The number of amides is 1. The summed E-state index contributed by atoms with van der Waals surface area (Å²) in [6.07, 6.45) is 6.38. The minimum Gasteiger partial charge on any atom is -0.480 e. The normalized spacial score (nSPS) is 20.1. The van der Waals surface area contributed by atoms with Crippen molar-refractivity contribution in [2.45, 2.75) is 31.8 Å². The second kappa shape index (κ2) is 6.86. The average molecular weight is 396 g/mol. The monoisotopic (exact) mass is 395 g/mol. The van der Waals surface area contributed by atoms with E-state index in [0.717, 1.165) is 17.3 Å². The highest BCUT2D eigenvalue weighted by molar-refractivity contribution is 9.10. The van der Waals surface area contributed by atoms with E-state index in [4.69, 9.17) is 5.11 Å². The molecule has 24 heavy (non-hydrogen) atoms. The van der Waals surface area contributed by atoms with E-state index in [1.165, 1.54) is 6.20 Å². The van der Waals surface area contributed by atoms with Crippen molar-refractivity contribution in [2.24, 2.45) is 0 Å². The smallest absolute Gasteiger partial charge is 0.317 e. The molecule has 0 saturated heterocycles. The molecule has 2 heterocycles. The minimum atomic E-state index is -0.826. The van der Waals surface area contributed by atoms with Gasteiger partial charge < -0.3 is 10.4 Å². The number of carboxylic acid groups (broad SMARTS) is 1. The van der Waals surface area contributed by atoms with Crippen LogP contribution in [0.2, 0.25) is 0 Å². The van der Waals surface area contributed by atoms with Crippen molar-refractivity contribution in [2.75, 3.05) is 13.1 Å². The van der Waals surface area contributed by atoms with Gasteiger partial charge in [-0.15, -0.1) is 0 Å². The van der Waals surface area contributed by atoms with Crippen LogP contribution in [0, 0.1) is 0 Å². The van der Waals surface area contributed by atoms with E-state index in [1.807, 2.05) is 11.8 Å². The molecule has 0 atom stereocenters. The van der Waals surface area contributed by atoms with Gasteiger partial charge in [0.2, 0.25) is 0 Å². The maximum atomic E-state index is 12.4. The molecule has 1 amide bonds. The number of carbonyl (C=O) groups excluding carboxylic acids is 1. The van der Waals surface area contributed by atoms with Gasteiger partial charge in [-0.2, -0.15) is 5.10 Å². The van der Waals surface area contributed by atoms with Crippen molar-refractivity contribution in [3.63, 3.8) is 0 Å². The molecule has 0 aliphatic heterocycles. The number of rotatable bonds is 6. The number of aliphatic carboxylic acids is 1. The summed E-state index contributed by atoms with van der Waals surface area (Å²) in [7, 11) is 0. The highest BCUT2D eigenvalue weighted by atomic mass is 79.9. The number of likely N-dealkylation sites (N-methyl/N-ethyl adjacent to an activating group) is 1. The molecule has 1 aliphatic rings. The van der Waals surface area contributed by atoms with Crippen LogP contribution in [0.5, 0.6) is 0 Å². The molecular formula is C15H18BrN5O3. The zero-order valence-electron chi connectivity index (χ0n) is 13.1. The number of halogens is 1. The Labute approximate surface area is 147 Å². The molecule has 9 heteroatoms. The van der Waals surface area contributed by atoms with E-state index in [1.54, 1.807) is 16.9 Å². The van der Waals surface area contributed by atoms with Crippen molar-refractivity contribution >= 4 is 33.5 Å². The van der Waals surface area contributed by atoms with E-state index < -0.39 is 5.97 Å². The number of hydrogen-bond donors (Lipinski definition) is 2. The van der Waals surface area contributed by atoms with Crippen molar-refractivity contribution in [1.82, 2.24) is 24.8 Å². The first kappa shape index (κ1) is 16.8. The van der Waals surface area contributed by atoms with Crippen molar-refractivity contribution in [3.05, 3.63) is 28.6 Å². The number of nitrogens with one attached hydrogen (secondary N) is 1. The number of aromatic nitrogens is 3. The molecule has 0 bridgehead atoms. The van der Waals surface area contributed by atoms with Gasteiger partial charge in [-0.25, -0.2) is 9.50 Å². The van der Waals surface area contributed by atoms with Crippen LogP contribution in [-0.2, 0) is 4.79 Å². The van der Waals surface area contributed by atoms with Crippen LogP contribution in [0.15, 0.2) is 23.1 Å². The molecule has 128 valence electrons. The Kier molecular flexibility index (Phi) is 4.81. The predicted molar refractivity (Wildman–Crippen MR) is 89.8 cm³/mol. The number of fused-ring (bicyclic) bond motifs is 1. The van der Waals surface area contributed by atoms with Crippen molar-refractivity contribution in [3.8, 4) is 0 Å². The van der Waals surface area contributed by atoms with Gasteiger partial charge >= 0.3 is 5.97 Å². The molecule has 2 aromatic rings. The standard InChI is InChI=1S/C15H18BrN5O3/c1-2-20(8-13(22)23)11-3-10(4-11)19-15(24)12-6-18-21-7-9(16)5-17-14(12)21/h5-7,10-11H,2-4,8H2,1H3,(H,19,24)(H,22,23). The van der Waals surface area contributed by atoms with E-state index in [2.05, 4.69) is 31.3 Å². The molecule has 1 fully saturated rings. The fourth-order valence-electron chi connectivity index (χ4n) is 2.95. The van der Waals surface area contributed by atoms with Crippen LogP contribution >= 0.6 is 15.9 Å². The van der Waals surface area contributed by atoms with E-state index >= 15 is 0 Å². The topological polar surface area (TPSA) is 99.8 Å². The highest BCUT2D eigenvalue weighted by Gasteiger charge is 2.35. The first-order chi connectivity index (χ1) is 11.5. The van der Waals surface area contributed by atoms with Crippen LogP contribution in [-0.4, -0.2) is 61.7 Å². The Morgan fingerprint density at radius 2 is 2.21 bits per heavy atom. The van der Waals surface area contributed by atoms with Crippen LogP contribution in [0.3, 0.4) is 0 Å².